The Bertz CT molecular complexity index is 2470. The van der Waals surface area contributed by atoms with E-state index in [1.165, 1.54) is 34.4 Å². The molecule has 6 aromatic rings. The Morgan fingerprint density at radius 2 is 1.47 bits per heavy atom. The number of hydrogen-bond donors (Lipinski definition) is 1. The van der Waals surface area contributed by atoms with Crippen molar-refractivity contribution in [2.24, 2.45) is 0 Å². The number of amides is 2. The number of hydrogen-bond acceptors (Lipinski definition) is 10. The van der Waals surface area contributed by atoms with E-state index in [1.54, 1.807) is 4.90 Å². The lowest BCUT2D eigenvalue weighted by Crippen LogP contribution is -2.48. The smallest absolute Gasteiger partial charge is 0.327 e. The highest BCUT2D eigenvalue weighted by atomic mass is 19.1. The quantitative estimate of drug-likeness (QED) is 0.125. The molecule has 13 nitrogen and oxygen atoms in total. The molecule has 3 fully saturated rings. The first-order valence-electron chi connectivity index (χ1n) is 20.6. The molecule has 0 aliphatic carbocycles. The Morgan fingerprint density at radius 3 is 2.13 bits per heavy atom. The van der Waals surface area contributed by atoms with Gasteiger partial charge in [0.15, 0.2) is 12.0 Å². The van der Waals surface area contributed by atoms with Crippen molar-refractivity contribution < 1.29 is 37.6 Å². The zero-order valence-corrected chi connectivity index (χ0v) is 34.4. The number of halogens is 2. The summed E-state index contributed by atoms with van der Waals surface area (Å²) >= 11 is 0. The molecule has 3 atom stereocenters. The van der Waals surface area contributed by atoms with Crippen molar-refractivity contribution in [3.05, 3.63) is 157 Å². The molecular formula is C47H47F2N7O6. The van der Waals surface area contributed by atoms with Gasteiger partial charge in [-0.05, 0) is 86.6 Å². The molecule has 3 aliphatic rings. The number of carbonyl (C=O) groups is 1. The summed E-state index contributed by atoms with van der Waals surface area (Å²) in [6.45, 7) is 7.19. The fourth-order valence-corrected chi connectivity index (χ4v) is 8.58. The number of benzene rings is 5. The van der Waals surface area contributed by atoms with E-state index in [9.17, 15) is 14.3 Å². The minimum Gasteiger partial charge on any atom is -0.488 e. The van der Waals surface area contributed by atoms with Crippen LogP contribution in [0.4, 0.5) is 30.6 Å². The van der Waals surface area contributed by atoms with Crippen molar-refractivity contribution in [1.29, 1.82) is 0 Å². The first-order chi connectivity index (χ1) is 30.1. The Labute approximate surface area is 358 Å². The zero-order valence-electron chi connectivity index (χ0n) is 34.4. The summed E-state index contributed by atoms with van der Waals surface area (Å²) in [6.07, 6.45) is 2.07. The Hall–Kier alpha value is -6.55. The topological polar surface area (TPSA) is 118 Å². The molecule has 1 unspecified atom stereocenters. The van der Waals surface area contributed by atoms with Gasteiger partial charge in [0, 0.05) is 66.5 Å². The van der Waals surface area contributed by atoms with Crippen LogP contribution in [0.25, 0.3) is 0 Å². The van der Waals surface area contributed by atoms with Crippen molar-refractivity contribution in [3.63, 3.8) is 0 Å². The van der Waals surface area contributed by atoms with E-state index in [0.29, 0.717) is 28.5 Å². The van der Waals surface area contributed by atoms with Crippen molar-refractivity contribution in [1.82, 2.24) is 19.7 Å². The highest BCUT2D eigenvalue weighted by molar-refractivity contribution is 5.95. The second kappa shape index (κ2) is 17.1. The summed E-state index contributed by atoms with van der Waals surface area (Å²) in [4.78, 5) is 25.8. The normalized spacial score (nSPS) is 21.6. The molecule has 9 rings (SSSR count). The van der Waals surface area contributed by atoms with Gasteiger partial charge in [0.1, 0.15) is 53.7 Å². The molecule has 5 aromatic carbocycles. The molecule has 2 amide bonds. The average molecular weight is 844 g/mol. The largest absolute Gasteiger partial charge is 0.488 e. The maximum Gasteiger partial charge on any atom is 0.327 e. The van der Waals surface area contributed by atoms with Gasteiger partial charge >= 0.3 is 6.03 Å². The molecule has 15 heteroatoms. The van der Waals surface area contributed by atoms with E-state index in [2.05, 4.69) is 19.9 Å². The van der Waals surface area contributed by atoms with E-state index in [0.717, 1.165) is 43.6 Å². The Balaban J connectivity index is 0.801. The minimum atomic E-state index is -1.63. The molecule has 3 aliphatic heterocycles. The van der Waals surface area contributed by atoms with Crippen LogP contribution in [0.5, 0.6) is 17.2 Å². The first kappa shape index (κ1) is 40.8. The molecule has 62 heavy (non-hydrogen) atoms. The van der Waals surface area contributed by atoms with Crippen LogP contribution >= 0.6 is 0 Å². The van der Waals surface area contributed by atoms with E-state index < -0.39 is 29.3 Å². The van der Waals surface area contributed by atoms with E-state index in [4.69, 9.17) is 18.9 Å². The first-order valence-corrected chi connectivity index (χ1v) is 20.6. The molecule has 0 radical (unpaired) electrons. The van der Waals surface area contributed by atoms with Gasteiger partial charge in [0.25, 0.3) is 0 Å². The number of β-amino-alcohol motifs (C(OH)–C–C–N with tert-alkyl or cyclic N) is 1. The summed E-state index contributed by atoms with van der Waals surface area (Å²) in [5.74, 6) is 0.327. The van der Waals surface area contributed by atoms with Gasteiger partial charge in [0.05, 0.1) is 19.7 Å². The van der Waals surface area contributed by atoms with Gasteiger partial charge in [0.2, 0.25) is 0 Å². The van der Waals surface area contributed by atoms with Crippen LogP contribution in [0.3, 0.4) is 0 Å². The maximum absolute atomic E-state index is 15.0. The number of rotatable bonds is 13. The van der Waals surface area contributed by atoms with Gasteiger partial charge in [-0.3, -0.25) is 9.80 Å². The molecule has 320 valence electrons. The highest BCUT2D eigenvalue weighted by Gasteiger charge is 2.53. The molecule has 1 aromatic heterocycles. The highest BCUT2D eigenvalue weighted by Crippen LogP contribution is 2.43. The van der Waals surface area contributed by atoms with Gasteiger partial charge in [-0.15, -0.1) is 0 Å². The summed E-state index contributed by atoms with van der Waals surface area (Å²) in [7, 11) is 0. The van der Waals surface area contributed by atoms with Gasteiger partial charge in [-0.25, -0.2) is 23.2 Å². The number of urea groups is 1. The summed E-state index contributed by atoms with van der Waals surface area (Å²) in [5.41, 5.74) is 0.600. The minimum absolute atomic E-state index is 0.0134. The van der Waals surface area contributed by atoms with Gasteiger partial charge in [-0.2, -0.15) is 5.10 Å². The molecule has 3 saturated heterocycles. The number of carbonyl (C=O) groups excluding carboxylic acids is 1. The molecule has 1 N–H and O–H groups in total. The monoisotopic (exact) mass is 843 g/mol. The maximum atomic E-state index is 15.0. The van der Waals surface area contributed by atoms with Crippen molar-refractivity contribution in [3.8, 4) is 17.2 Å². The van der Waals surface area contributed by atoms with Crippen molar-refractivity contribution >= 4 is 23.1 Å². The summed E-state index contributed by atoms with van der Waals surface area (Å²) < 4.78 is 54.7. The molecule has 0 saturated carbocycles. The average Bonchev–Trinajstić information content (AvgIpc) is 4.02. The van der Waals surface area contributed by atoms with Crippen molar-refractivity contribution in [2.45, 2.75) is 44.1 Å². The lowest BCUT2D eigenvalue weighted by molar-refractivity contribution is -0.117. The second-order valence-electron chi connectivity index (χ2n) is 15.9. The lowest BCUT2D eigenvalue weighted by Gasteiger charge is -2.37. The fourth-order valence-electron chi connectivity index (χ4n) is 8.58. The van der Waals surface area contributed by atoms with Crippen LogP contribution in [0.15, 0.2) is 134 Å². The van der Waals surface area contributed by atoms with Crippen LogP contribution in [0, 0.1) is 11.6 Å². The predicted octanol–water partition coefficient (Wildman–Crippen LogP) is 7.52. The third kappa shape index (κ3) is 8.13. The third-order valence-corrected chi connectivity index (χ3v) is 11.6. The van der Waals surface area contributed by atoms with Crippen LogP contribution in [0.1, 0.15) is 25.0 Å². The van der Waals surface area contributed by atoms with E-state index >= 15 is 4.39 Å². The van der Waals surface area contributed by atoms with E-state index in [1.807, 2.05) is 117 Å². The number of ether oxygens (including phenoxy) is 4. The van der Waals surface area contributed by atoms with Crippen LogP contribution in [0.2, 0.25) is 0 Å². The molecule has 0 bridgehead atoms. The van der Waals surface area contributed by atoms with E-state index in [-0.39, 0.29) is 43.9 Å². The number of anilines is 3. The van der Waals surface area contributed by atoms with Crippen LogP contribution < -0.4 is 24.2 Å². The Kier molecular flexibility index (Phi) is 11.2. The summed E-state index contributed by atoms with van der Waals surface area (Å²) in [5, 5.41) is 16.5. The zero-order chi connectivity index (χ0) is 42.8. The third-order valence-electron chi connectivity index (χ3n) is 11.6. The van der Waals surface area contributed by atoms with Crippen molar-refractivity contribution in [2.75, 3.05) is 60.6 Å². The second-order valence-corrected chi connectivity index (χ2v) is 15.9. The van der Waals surface area contributed by atoms with Gasteiger partial charge in [-0.1, -0.05) is 42.5 Å². The molecule has 4 heterocycles. The number of para-hydroxylation sites is 2. The fraction of sp³-hybridized carbons (Fsp3) is 0.298. The van der Waals surface area contributed by atoms with Crippen LogP contribution in [-0.4, -0.2) is 89.1 Å². The number of nitrogens with zero attached hydrogens (tertiary/aromatic N) is 7. The predicted molar refractivity (Wildman–Crippen MR) is 228 cm³/mol. The number of aliphatic hydroxyl groups is 1. The Morgan fingerprint density at radius 1 is 0.806 bits per heavy atom. The van der Waals surface area contributed by atoms with Crippen LogP contribution in [-0.2, 0) is 27.3 Å². The SMILES string of the molecule is CC(C)N1C(=O)N(c2ccc(N3CCN(c4ccc(OC[C@H]5OC[C@](Cn6cncn6)(c6ccc(F)cc6F)O5)cc4)CC3)cc2)CC1(O)c1ccccc1Oc1ccccc1. The lowest BCUT2D eigenvalue weighted by atomic mass is 9.94. The number of aromatic nitrogens is 3. The molecular weight excluding hydrogens is 797 g/mol. The molecule has 0 spiro atoms. The van der Waals surface area contributed by atoms with Gasteiger partial charge < -0.3 is 33.9 Å². The summed E-state index contributed by atoms with van der Waals surface area (Å²) in [6, 6.07) is 35.3. The standard InChI is InChI=1S/C47H47F2N7O6/c1-33(2)56-45(57)55(29-47(56,58)41-10-6-7-11-43(41)61-39-8-4-3-5-9-39)37-15-13-35(14-16-37)52-22-24-53(25-23-52)36-17-19-38(20-18-36)59-27-44-60-30-46(62-44,28-54-32-50-31-51-54)40-21-12-34(48)26-42(40)49/h3-21,26,31-33,44,58H,22-25,27-30H2,1-2H3/t44-,46+,47?/m0/s1. The number of piperazine rings is 1.